The average molecular weight is 268 g/mol. The van der Waals surface area contributed by atoms with Crippen LogP contribution in [-0.2, 0) is 10.0 Å². The first kappa shape index (κ1) is 14.7. The van der Waals surface area contributed by atoms with Gasteiger partial charge in [0.25, 0.3) is 10.0 Å². The molecule has 0 unspecified atom stereocenters. The van der Waals surface area contributed by atoms with E-state index in [0.717, 1.165) is 0 Å². The van der Waals surface area contributed by atoms with Gasteiger partial charge in [-0.05, 0) is 39.8 Å². The first-order chi connectivity index (χ1) is 8.34. The van der Waals surface area contributed by atoms with Crippen LogP contribution >= 0.6 is 0 Å². The molecule has 0 spiro atoms. The minimum Gasteiger partial charge on any atom is -0.357 e. The van der Waals surface area contributed by atoms with Crippen LogP contribution in [-0.4, -0.2) is 31.7 Å². The van der Waals surface area contributed by atoms with Crippen molar-refractivity contribution in [1.29, 1.82) is 0 Å². The highest BCUT2D eigenvalue weighted by molar-refractivity contribution is 7.90. The zero-order chi connectivity index (χ0) is 13.8. The van der Waals surface area contributed by atoms with Crippen molar-refractivity contribution in [2.45, 2.75) is 44.7 Å². The summed E-state index contributed by atoms with van der Waals surface area (Å²) in [5.41, 5.74) is 0. The molecule has 0 fully saturated rings. The van der Waals surface area contributed by atoms with Crippen LogP contribution in [0.15, 0.2) is 39.6 Å². The molecule has 18 heavy (non-hydrogen) atoms. The van der Waals surface area contributed by atoms with Crippen LogP contribution in [0.5, 0.6) is 0 Å². The van der Waals surface area contributed by atoms with Crippen LogP contribution < -0.4 is 0 Å². The maximum atomic E-state index is 12.0. The lowest BCUT2D eigenvalue weighted by atomic mass is 10.2. The zero-order valence-electron chi connectivity index (χ0n) is 11.2. The van der Waals surface area contributed by atoms with E-state index >= 15 is 0 Å². The van der Waals surface area contributed by atoms with Gasteiger partial charge in [0, 0.05) is 12.1 Å². The zero-order valence-corrected chi connectivity index (χ0v) is 12.1. The van der Waals surface area contributed by atoms with Crippen LogP contribution in [0.4, 0.5) is 0 Å². The predicted molar refractivity (Wildman–Crippen MR) is 74.2 cm³/mol. The number of benzene rings is 1. The number of sulfonamides is 1. The quantitative estimate of drug-likeness (QED) is 0.609. The molecule has 0 atom stereocenters. The molecule has 0 saturated heterocycles. The van der Waals surface area contributed by atoms with E-state index in [1.54, 1.807) is 30.3 Å². The highest BCUT2D eigenvalue weighted by Crippen LogP contribution is 2.11. The molecule has 0 aliphatic heterocycles. The van der Waals surface area contributed by atoms with E-state index < -0.39 is 10.0 Å². The van der Waals surface area contributed by atoms with Crippen LogP contribution in [0.1, 0.15) is 27.7 Å². The topological polar surface area (TPSA) is 49.7 Å². The Morgan fingerprint density at radius 1 is 1.06 bits per heavy atom. The molecule has 0 heterocycles. The van der Waals surface area contributed by atoms with Crippen molar-refractivity contribution in [1.82, 2.24) is 4.90 Å². The van der Waals surface area contributed by atoms with Gasteiger partial charge in [-0.3, -0.25) is 0 Å². The molecule has 1 aromatic rings. The Morgan fingerprint density at radius 2 is 1.56 bits per heavy atom. The number of nitrogens with zero attached hydrogens (tertiary/aromatic N) is 2. The fourth-order valence-electron chi connectivity index (χ4n) is 1.63. The van der Waals surface area contributed by atoms with Gasteiger partial charge in [-0.25, -0.2) is 0 Å². The van der Waals surface area contributed by atoms with E-state index in [2.05, 4.69) is 4.40 Å². The van der Waals surface area contributed by atoms with Crippen molar-refractivity contribution < 1.29 is 8.42 Å². The Labute approximate surface area is 109 Å². The fourth-order valence-corrected chi connectivity index (χ4v) is 2.49. The molecule has 0 aliphatic carbocycles. The Morgan fingerprint density at radius 3 is 2.00 bits per heavy atom. The van der Waals surface area contributed by atoms with Gasteiger partial charge in [-0.15, -0.1) is 4.40 Å². The Kier molecular flexibility index (Phi) is 4.90. The highest BCUT2D eigenvalue weighted by Gasteiger charge is 2.14. The summed E-state index contributed by atoms with van der Waals surface area (Å²) in [4.78, 5) is 2.12. The maximum absolute atomic E-state index is 12.0. The van der Waals surface area contributed by atoms with Gasteiger partial charge < -0.3 is 4.90 Å². The van der Waals surface area contributed by atoms with Gasteiger partial charge in [0.1, 0.15) is 6.34 Å². The van der Waals surface area contributed by atoms with Gasteiger partial charge in [0.15, 0.2) is 0 Å². The Bertz CT molecular complexity index is 485. The van der Waals surface area contributed by atoms with E-state index in [1.807, 2.05) is 32.6 Å². The number of hydrogen-bond acceptors (Lipinski definition) is 2. The van der Waals surface area contributed by atoms with Crippen molar-refractivity contribution in [2.75, 3.05) is 0 Å². The average Bonchev–Trinajstić information content (AvgIpc) is 2.29. The lowest BCUT2D eigenvalue weighted by Crippen LogP contribution is -2.35. The lowest BCUT2D eigenvalue weighted by molar-refractivity contribution is 0.302. The summed E-state index contributed by atoms with van der Waals surface area (Å²) in [6, 6.07) is 8.65. The van der Waals surface area contributed by atoms with Gasteiger partial charge in [-0.2, -0.15) is 8.42 Å². The number of hydrogen-bond donors (Lipinski definition) is 0. The third-order valence-corrected chi connectivity index (χ3v) is 3.79. The first-order valence-electron chi connectivity index (χ1n) is 5.97. The molecule has 0 aromatic heterocycles. The summed E-state index contributed by atoms with van der Waals surface area (Å²) in [6.45, 7) is 8.00. The molecule has 0 saturated carbocycles. The minimum atomic E-state index is -3.59. The summed E-state index contributed by atoms with van der Waals surface area (Å²) >= 11 is 0. The summed E-state index contributed by atoms with van der Waals surface area (Å²) in [5, 5.41) is 0. The third kappa shape index (κ3) is 3.84. The molecule has 5 heteroatoms. The van der Waals surface area contributed by atoms with Crippen molar-refractivity contribution in [2.24, 2.45) is 4.40 Å². The second-order valence-electron chi connectivity index (χ2n) is 4.64. The molecule has 0 N–H and O–H groups in total. The Hall–Kier alpha value is -1.36. The standard InChI is InChI=1S/C13H20N2O2S/c1-11(2)15(12(3)4)10-14-18(16,17)13-8-6-5-7-9-13/h5-12H,1-4H3/b14-10+. The fraction of sp³-hybridized carbons (Fsp3) is 0.462. The Balaban J connectivity index is 2.96. The van der Waals surface area contributed by atoms with Crippen LogP contribution in [0.3, 0.4) is 0 Å². The molecule has 0 radical (unpaired) electrons. The molecule has 100 valence electrons. The molecular formula is C13H20N2O2S. The molecule has 1 aromatic carbocycles. The van der Waals surface area contributed by atoms with E-state index in [0.29, 0.717) is 0 Å². The van der Waals surface area contributed by atoms with E-state index in [-0.39, 0.29) is 17.0 Å². The van der Waals surface area contributed by atoms with Gasteiger partial charge in [0.2, 0.25) is 0 Å². The maximum Gasteiger partial charge on any atom is 0.283 e. The highest BCUT2D eigenvalue weighted by atomic mass is 32.2. The van der Waals surface area contributed by atoms with Gasteiger partial charge in [0.05, 0.1) is 4.90 Å². The second-order valence-corrected chi connectivity index (χ2v) is 6.28. The molecule has 4 nitrogen and oxygen atoms in total. The second kappa shape index (κ2) is 6.00. The largest absolute Gasteiger partial charge is 0.357 e. The van der Waals surface area contributed by atoms with Crippen molar-refractivity contribution >= 4 is 16.4 Å². The molecule has 0 bridgehead atoms. The van der Waals surface area contributed by atoms with Gasteiger partial charge in [-0.1, -0.05) is 18.2 Å². The van der Waals surface area contributed by atoms with E-state index in [4.69, 9.17) is 0 Å². The molecular weight excluding hydrogens is 248 g/mol. The SMILES string of the molecule is CC(C)N(/C=N/S(=O)(=O)c1ccccc1)C(C)C. The van der Waals surface area contributed by atoms with Gasteiger partial charge >= 0.3 is 0 Å². The summed E-state index contributed by atoms with van der Waals surface area (Å²) in [5.74, 6) is 0. The van der Waals surface area contributed by atoms with Crippen LogP contribution in [0.2, 0.25) is 0 Å². The predicted octanol–water partition coefficient (Wildman–Crippen LogP) is 2.52. The van der Waals surface area contributed by atoms with Crippen molar-refractivity contribution in [3.63, 3.8) is 0 Å². The monoisotopic (exact) mass is 268 g/mol. The third-order valence-electron chi connectivity index (χ3n) is 2.55. The van der Waals surface area contributed by atoms with E-state index in [1.165, 1.54) is 6.34 Å². The first-order valence-corrected chi connectivity index (χ1v) is 7.41. The molecule has 0 aliphatic rings. The van der Waals surface area contributed by atoms with Crippen LogP contribution in [0, 0.1) is 0 Å². The lowest BCUT2D eigenvalue weighted by Gasteiger charge is -2.27. The smallest absolute Gasteiger partial charge is 0.283 e. The van der Waals surface area contributed by atoms with Crippen molar-refractivity contribution in [3.05, 3.63) is 30.3 Å². The summed E-state index contributed by atoms with van der Waals surface area (Å²) < 4.78 is 27.7. The van der Waals surface area contributed by atoms with Crippen molar-refractivity contribution in [3.8, 4) is 0 Å². The normalized spacial score (nSPS) is 12.6. The summed E-state index contributed by atoms with van der Waals surface area (Å²) in [6.07, 6.45) is 1.41. The minimum absolute atomic E-state index is 0.208. The van der Waals surface area contributed by atoms with Crippen LogP contribution in [0.25, 0.3) is 0 Å². The molecule has 1 rings (SSSR count). The summed E-state index contributed by atoms with van der Waals surface area (Å²) in [7, 11) is -3.59. The number of rotatable bonds is 5. The molecule has 0 amide bonds. The van der Waals surface area contributed by atoms with E-state index in [9.17, 15) is 8.42 Å².